The number of rotatable bonds is 6. The van der Waals surface area contributed by atoms with Gasteiger partial charge in [-0.15, -0.1) is 12.4 Å². The predicted molar refractivity (Wildman–Crippen MR) is 90.4 cm³/mol. The third-order valence-electron chi connectivity index (χ3n) is 3.98. The zero-order valence-corrected chi connectivity index (χ0v) is 14.3. The van der Waals surface area contributed by atoms with Crippen LogP contribution in [-0.2, 0) is 4.79 Å². The van der Waals surface area contributed by atoms with Crippen molar-refractivity contribution in [3.8, 4) is 11.5 Å². The van der Waals surface area contributed by atoms with Crippen LogP contribution in [0.3, 0.4) is 0 Å². The van der Waals surface area contributed by atoms with Gasteiger partial charge in [-0.05, 0) is 44.1 Å². The molecule has 0 aromatic heterocycles. The van der Waals surface area contributed by atoms with E-state index in [1.54, 1.807) is 32.4 Å². The smallest absolute Gasteiger partial charge is 0.223 e. The Morgan fingerprint density at radius 3 is 2.65 bits per heavy atom. The third kappa shape index (κ3) is 5.27. The quantitative estimate of drug-likeness (QED) is 0.724. The van der Waals surface area contributed by atoms with Crippen LogP contribution >= 0.6 is 12.4 Å². The standard InChI is InChI=1S/C16H24N2O4.ClH/c1-21-12-3-4-15(22-2)13(9-12)14(19)10-18-16(20)11-5-7-17-8-6-11;/h3-4,9,11,14,17,19H,5-8,10H2,1-2H3,(H,18,20);1H. The number of aliphatic hydroxyl groups excluding tert-OH is 1. The summed E-state index contributed by atoms with van der Waals surface area (Å²) in [7, 11) is 3.11. The van der Waals surface area contributed by atoms with E-state index >= 15 is 0 Å². The molecule has 0 aliphatic carbocycles. The fourth-order valence-electron chi connectivity index (χ4n) is 2.64. The van der Waals surface area contributed by atoms with E-state index in [9.17, 15) is 9.90 Å². The first-order chi connectivity index (χ1) is 10.7. The molecule has 23 heavy (non-hydrogen) atoms. The highest BCUT2D eigenvalue weighted by Gasteiger charge is 2.22. The number of nitrogens with one attached hydrogen (secondary N) is 2. The van der Waals surface area contributed by atoms with Gasteiger partial charge in [-0.3, -0.25) is 4.79 Å². The Hall–Kier alpha value is -1.50. The van der Waals surface area contributed by atoms with Gasteiger partial charge in [0, 0.05) is 18.0 Å². The van der Waals surface area contributed by atoms with Crippen LogP contribution in [-0.4, -0.2) is 44.9 Å². The van der Waals surface area contributed by atoms with Crippen molar-refractivity contribution >= 4 is 18.3 Å². The molecule has 1 fully saturated rings. The maximum atomic E-state index is 12.1. The van der Waals surface area contributed by atoms with Crippen LogP contribution in [0.5, 0.6) is 11.5 Å². The van der Waals surface area contributed by atoms with Gasteiger partial charge in [0.1, 0.15) is 11.5 Å². The summed E-state index contributed by atoms with van der Waals surface area (Å²) in [4.78, 5) is 12.1. The molecule has 1 saturated heterocycles. The minimum atomic E-state index is -0.837. The third-order valence-corrected chi connectivity index (χ3v) is 3.98. The van der Waals surface area contributed by atoms with Crippen molar-refractivity contribution in [2.45, 2.75) is 18.9 Å². The lowest BCUT2D eigenvalue weighted by molar-refractivity contribution is -0.126. The maximum absolute atomic E-state index is 12.1. The van der Waals surface area contributed by atoms with Gasteiger partial charge in [-0.1, -0.05) is 0 Å². The van der Waals surface area contributed by atoms with Crippen molar-refractivity contribution in [1.29, 1.82) is 0 Å². The molecule has 1 aliphatic heterocycles. The van der Waals surface area contributed by atoms with E-state index < -0.39 is 6.10 Å². The summed E-state index contributed by atoms with van der Waals surface area (Å²) in [5.41, 5.74) is 0.604. The average Bonchev–Trinajstić information content (AvgIpc) is 2.59. The highest BCUT2D eigenvalue weighted by molar-refractivity contribution is 5.85. The van der Waals surface area contributed by atoms with E-state index in [2.05, 4.69) is 10.6 Å². The molecule has 1 heterocycles. The van der Waals surface area contributed by atoms with Crippen molar-refractivity contribution in [3.63, 3.8) is 0 Å². The van der Waals surface area contributed by atoms with Gasteiger partial charge in [0.05, 0.1) is 20.3 Å². The van der Waals surface area contributed by atoms with Crippen molar-refractivity contribution in [1.82, 2.24) is 10.6 Å². The van der Waals surface area contributed by atoms with Gasteiger partial charge >= 0.3 is 0 Å². The fraction of sp³-hybridized carbons (Fsp3) is 0.562. The second-order valence-corrected chi connectivity index (χ2v) is 5.39. The van der Waals surface area contributed by atoms with Crippen molar-refractivity contribution in [2.75, 3.05) is 33.9 Å². The molecule has 0 radical (unpaired) electrons. The lowest BCUT2D eigenvalue weighted by atomic mass is 9.97. The summed E-state index contributed by atoms with van der Waals surface area (Å²) in [5.74, 6) is 1.24. The Bertz CT molecular complexity index is 507. The summed E-state index contributed by atoms with van der Waals surface area (Å²) >= 11 is 0. The number of carbonyl (C=O) groups excluding carboxylic acids is 1. The Balaban J connectivity index is 0.00000264. The molecular weight excluding hydrogens is 320 g/mol. The molecule has 3 N–H and O–H groups in total. The molecule has 1 aromatic rings. The zero-order chi connectivity index (χ0) is 15.9. The number of methoxy groups -OCH3 is 2. The normalized spacial score (nSPS) is 16.1. The molecule has 130 valence electrons. The van der Waals surface area contributed by atoms with E-state index in [0.717, 1.165) is 25.9 Å². The summed E-state index contributed by atoms with van der Waals surface area (Å²) < 4.78 is 10.4. The first kappa shape index (κ1) is 19.5. The minimum Gasteiger partial charge on any atom is -0.497 e. The number of benzene rings is 1. The molecule has 1 aromatic carbocycles. The average molecular weight is 345 g/mol. The Morgan fingerprint density at radius 2 is 2.04 bits per heavy atom. The highest BCUT2D eigenvalue weighted by Crippen LogP contribution is 2.29. The van der Waals surface area contributed by atoms with Crippen molar-refractivity contribution < 1.29 is 19.4 Å². The molecule has 6 nitrogen and oxygen atoms in total. The molecular formula is C16H25ClN2O4. The number of halogens is 1. The number of piperidine rings is 1. The molecule has 0 saturated carbocycles. The number of amides is 1. The molecule has 2 rings (SSSR count). The topological polar surface area (TPSA) is 79.8 Å². The van der Waals surface area contributed by atoms with E-state index in [0.29, 0.717) is 17.1 Å². The van der Waals surface area contributed by atoms with Crippen LogP contribution in [0, 0.1) is 5.92 Å². The number of hydrogen-bond donors (Lipinski definition) is 3. The molecule has 1 atom stereocenters. The van der Waals surface area contributed by atoms with Crippen molar-refractivity contribution in [3.05, 3.63) is 23.8 Å². The number of aliphatic hydroxyl groups is 1. The number of carbonyl (C=O) groups is 1. The van der Waals surface area contributed by atoms with Crippen LogP contribution in [0.1, 0.15) is 24.5 Å². The zero-order valence-electron chi connectivity index (χ0n) is 13.5. The fourth-order valence-corrected chi connectivity index (χ4v) is 2.64. The maximum Gasteiger partial charge on any atom is 0.223 e. The van der Waals surface area contributed by atoms with Crippen LogP contribution in [0.25, 0.3) is 0 Å². The summed E-state index contributed by atoms with van der Waals surface area (Å²) in [6.07, 6.45) is 0.838. The Morgan fingerprint density at radius 1 is 1.35 bits per heavy atom. The second kappa shape index (κ2) is 9.60. The summed E-state index contributed by atoms with van der Waals surface area (Å²) in [6, 6.07) is 5.23. The number of ether oxygens (including phenoxy) is 2. The van der Waals surface area contributed by atoms with Crippen LogP contribution in [0.15, 0.2) is 18.2 Å². The lowest BCUT2D eigenvalue weighted by Gasteiger charge is -2.23. The van der Waals surface area contributed by atoms with Gasteiger partial charge < -0.3 is 25.2 Å². The Labute approximate surface area is 143 Å². The first-order valence-electron chi connectivity index (χ1n) is 7.54. The van der Waals surface area contributed by atoms with Crippen LogP contribution < -0.4 is 20.1 Å². The highest BCUT2D eigenvalue weighted by atomic mass is 35.5. The molecule has 0 bridgehead atoms. The van der Waals surface area contributed by atoms with E-state index in [4.69, 9.17) is 9.47 Å². The molecule has 1 unspecified atom stereocenters. The summed E-state index contributed by atoms with van der Waals surface area (Å²) in [5, 5.41) is 16.4. The largest absolute Gasteiger partial charge is 0.497 e. The molecule has 1 amide bonds. The molecule has 1 aliphatic rings. The second-order valence-electron chi connectivity index (χ2n) is 5.39. The van der Waals surface area contributed by atoms with Crippen LogP contribution in [0.4, 0.5) is 0 Å². The SMILES string of the molecule is COc1ccc(OC)c(C(O)CNC(=O)C2CCNCC2)c1.Cl. The van der Waals surface area contributed by atoms with Gasteiger partial charge in [-0.25, -0.2) is 0 Å². The molecule has 7 heteroatoms. The molecule has 0 spiro atoms. The Kier molecular flexibility index (Phi) is 8.16. The first-order valence-corrected chi connectivity index (χ1v) is 7.54. The van der Waals surface area contributed by atoms with Crippen molar-refractivity contribution in [2.24, 2.45) is 5.92 Å². The lowest BCUT2D eigenvalue weighted by Crippen LogP contribution is -2.39. The predicted octanol–water partition coefficient (Wildman–Crippen LogP) is 1.27. The van der Waals surface area contributed by atoms with E-state index in [1.807, 2.05) is 0 Å². The van der Waals surface area contributed by atoms with Gasteiger partial charge in [-0.2, -0.15) is 0 Å². The monoisotopic (exact) mass is 344 g/mol. The van der Waals surface area contributed by atoms with Gasteiger partial charge in [0.2, 0.25) is 5.91 Å². The summed E-state index contributed by atoms with van der Waals surface area (Å²) in [6.45, 7) is 1.89. The van der Waals surface area contributed by atoms with Gasteiger partial charge in [0.25, 0.3) is 0 Å². The van der Waals surface area contributed by atoms with Crippen LogP contribution in [0.2, 0.25) is 0 Å². The van der Waals surface area contributed by atoms with E-state index in [-0.39, 0.29) is 30.8 Å². The van der Waals surface area contributed by atoms with E-state index in [1.165, 1.54) is 0 Å². The number of hydrogen-bond acceptors (Lipinski definition) is 5. The minimum absolute atomic E-state index is 0. The van der Waals surface area contributed by atoms with Gasteiger partial charge in [0.15, 0.2) is 0 Å².